The Kier molecular flexibility index (Phi) is 3.67. The van der Waals surface area contributed by atoms with Crippen LogP contribution in [0.25, 0.3) is 5.69 Å². The van der Waals surface area contributed by atoms with Gasteiger partial charge < -0.3 is 10.5 Å². The van der Waals surface area contributed by atoms with Gasteiger partial charge in [-0.3, -0.25) is 0 Å². The number of nitrogens with one attached hydrogen (secondary N) is 1. The van der Waals surface area contributed by atoms with Crippen molar-refractivity contribution in [1.82, 2.24) is 14.8 Å². The molecule has 0 saturated carbocycles. The summed E-state index contributed by atoms with van der Waals surface area (Å²) < 4.78 is 6.77. The summed E-state index contributed by atoms with van der Waals surface area (Å²) in [7, 11) is 1.56. The number of nitrogens with two attached hydrogens (primary N) is 1. The maximum atomic E-state index is 12.1. The molecule has 2 rings (SSSR count). The molecule has 6 nitrogen and oxygen atoms in total. The summed E-state index contributed by atoms with van der Waals surface area (Å²) in [5.41, 5.74) is 6.31. The van der Waals surface area contributed by atoms with Crippen LogP contribution in [0.4, 0.5) is 0 Å². The van der Waals surface area contributed by atoms with E-state index in [-0.39, 0.29) is 17.1 Å². The number of methoxy groups -OCH3 is 1. The van der Waals surface area contributed by atoms with Gasteiger partial charge in [-0.2, -0.15) is 5.10 Å². The van der Waals surface area contributed by atoms with Crippen molar-refractivity contribution >= 4 is 0 Å². The van der Waals surface area contributed by atoms with Crippen molar-refractivity contribution in [1.29, 1.82) is 0 Å². The molecule has 1 aromatic heterocycles. The van der Waals surface area contributed by atoms with E-state index in [2.05, 4.69) is 10.2 Å². The molecular weight excluding hydrogens is 256 g/mol. The van der Waals surface area contributed by atoms with Gasteiger partial charge in [-0.25, -0.2) is 14.5 Å². The molecule has 1 heterocycles. The highest BCUT2D eigenvalue weighted by atomic mass is 16.5. The molecule has 0 bridgehead atoms. The molecular formula is C14H20N4O2. The molecule has 0 fully saturated rings. The Morgan fingerprint density at radius 3 is 2.60 bits per heavy atom. The number of rotatable bonds is 3. The average molecular weight is 276 g/mol. The number of H-pyrrole nitrogens is 1. The fourth-order valence-corrected chi connectivity index (χ4v) is 1.95. The van der Waals surface area contributed by atoms with Gasteiger partial charge in [0.1, 0.15) is 5.75 Å². The van der Waals surface area contributed by atoms with Gasteiger partial charge in [-0.1, -0.05) is 32.9 Å². The number of para-hydroxylation sites is 2. The minimum Gasteiger partial charge on any atom is -0.495 e. The minimum absolute atomic E-state index is 0.217. The number of hydrogen-bond donors (Lipinski definition) is 2. The molecule has 0 aliphatic carbocycles. The first-order chi connectivity index (χ1) is 9.36. The molecule has 0 aliphatic rings. The van der Waals surface area contributed by atoms with Crippen LogP contribution in [-0.4, -0.2) is 21.9 Å². The van der Waals surface area contributed by atoms with E-state index >= 15 is 0 Å². The van der Waals surface area contributed by atoms with Crippen molar-refractivity contribution < 1.29 is 4.74 Å². The van der Waals surface area contributed by atoms with Crippen LogP contribution in [0.3, 0.4) is 0 Å². The summed E-state index contributed by atoms with van der Waals surface area (Å²) in [6.45, 7) is 6.01. The van der Waals surface area contributed by atoms with Crippen LogP contribution in [0.2, 0.25) is 0 Å². The van der Waals surface area contributed by atoms with Crippen LogP contribution in [0, 0.1) is 5.41 Å². The second-order valence-corrected chi connectivity index (χ2v) is 5.74. The molecule has 1 aromatic carbocycles. The lowest BCUT2D eigenvalue weighted by Gasteiger charge is -2.26. The number of nitrogens with zero attached hydrogens (tertiary/aromatic N) is 2. The molecule has 3 N–H and O–H groups in total. The van der Waals surface area contributed by atoms with Crippen molar-refractivity contribution in [2.45, 2.75) is 26.8 Å². The van der Waals surface area contributed by atoms with Crippen LogP contribution >= 0.6 is 0 Å². The van der Waals surface area contributed by atoms with E-state index < -0.39 is 0 Å². The Hall–Kier alpha value is -2.08. The summed E-state index contributed by atoms with van der Waals surface area (Å²) in [6, 6.07) is 6.89. The van der Waals surface area contributed by atoms with E-state index in [1.165, 1.54) is 4.57 Å². The fraction of sp³-hybridized carbons (Fsp3) is 0.429. The van der Waals surface area contributed by atoms with Gasteiger partial charge in [0, 0.05) is 0 Å². The highest BCUT2D eigenvalue weighted by Gasteiger charge is 2.28. The second-order valence-electron chi connectivity index (χ2n) is 5.74. The third kappa shape index (κ3) is 2.46. The van der Waals surface area contributed by atoms with Gasteiger partial charge in [-0.05, 0) is 17.5 Å². The summed E-state index contributed by atoms with van der Waals surface area (Å²) in [6.07, 6.45) is 0. The smallest absolute Gasteiger partial charge is 0.348 e. The topological polar surface area (TPSA) is 85.9 Å². The Bertz CT molecular complexity index is 652. The lowest BCUT2D eigenvalue weighted by Crippen LogP contribution is -2.31. The van der Waals surface area contributed by atoms with E-state index in [9.17, 15) is 4.79 Å². The zero-order chi connectivity index (χ0) is 14.9. The van der Waals surface area contributed by atoms with Gasteiger partial charge in [0.05, 0.1) is 18.8 Å². The Balaban J connectivity index is 2.64. The van der Waals surface area contributed by atoms with Crippen LogP contribution < -0.4 is 16.2 Å². The number of aromatic amines is 1. The van der Waals surface area contributed by atoms with Crippen LogP contribution in [0.5, 0.6) is 5.75 Å². The van der Waals surface area contributed by atoms with Crippen LogP contribution in [-0.2, 0) is 0 Å². The molecule has 6 heteroatoms. The van der Waals surface area contributed by atoms with Gasteiger partial charge in [-0.15, -0.1) is 0 Å². The SMILES string of the molecule is COc1ccccc1-n1c([C@@H](N)C(C)(C)C)n[nH]c1=O. The standard InChI is InChI=1S/C14H20N4O2/c1-14(2,3)11(15)12-16-17-13(19)18(12)9-7-5-6-8-10(9)20-4/h5-8,11H,15H2,1-4H3,(H,17,19)/t11-/m1/s1. The summed E-state index contributed by atoms with van der Waals surface area (Å²) in [5.74, 6) is 1.09. The molecule has 0 amide bonds. The molecule has 1 atom stereocenters. The monoisotopic (exact) mass is 276 g/mol. The number of aromatic nitrogens is 3. The van der Waals surface area contributed by atoms with Crippen LogP contribution in [0.15, 0.2) is 29.1 Å². The first-order valence-electron chi connectivity index (χ1n) is 6.42. The minimum atomic E-state index is -0.383. The number of hydrogen-bond acceptors (Lipinski definition) is 4. The quantitative estimate of drug-likeness (QED) is 0.892. The van der Waals surface area contributed by atoms with Gasteiger partial charge in [0.25, 0.3) is 0 Å². The first-order valence-corrected chi connectivity index (χ1v) is 6.42. The maximum absolute atomic E-state index is 12.1. The third-order valence-electron chi connectivity index (χ3n) is 3.24. The van der Waals surface area contributed by atoms with Crippen molar-refractivity contribution in [2.24, 2.45) is 11.1 Å². The predicted octanol–water partition coefficient (Wildman–Crippen LogP) is 1.62. The molecule has 2 aromatic rings. The highest BCUT2D eigenvalue weighted by molar-refractivity contribution is 5.47. The van der Waals surface area contributed by atoms with Crippen molar-refractivity contribution in [3.8, 4) is 11.4 Å². The molecule has 0 unspecified atom stereocenters. The predicted molar refractivity (Wildman–Crippen MR) is 77.1 cm³/mol. The summed E-state index contributed by atoms with van der Waals surface area (Å²) >= 11 is 0. The molecule has 108 valence electrons. The van der Waals surface area contributed by atoms with Crippen molar-refractivity contribution in [2.75, 3.05) is 7.11 Å². The highest BCUT2D eigenvalue weighted by Crippen LogP contribution is 2.31. The molecule has 20 heavy (non-hydrogen) atoms. The second kappa shape index (κ2) is 5.13. The van der Waals surface area contributed by atoms with E-state index in [1.807, 2.05) is 32.9 Å². The van der Waals surface area contributed by atoms with E-state index in [4.69, 9.17) is 10.5 Å². The van der Waals surface area contributed by atoms with Crippen molar-refractivity contribution in [3.05, 3.63) is 40.6 Å². The fourth-order valence-electron chi connectivity index (χ4n) is 1.95. The Morgan fingerprint density at radius 2 is 2.00 bits per heavy atom. The lowest BCUT2D eigenvalue weighted by atomic mass is 9.87. The number of benzene rings is 1. The molecule has 0 radical (unpaired) electrons. The Morgan fingerprint density at radius 1 is 1.35 bits per heavy atom. The normalized spacial score (nSPS) is 13.2. The number of ether oxygens (including phenoxy) is 1. The van der Waals surface area contributed by atoms with Gasteiger partial charge in [0.15, 0.2) is 5.82 Å². The first kappa shape index (κ1) is 14.3. The Labute approximate surface area is 117 Å². The van der Waals surface area contributed by atoms with E-state index in [1.54, 1.807) is 19.2 Å². The largest absolute Gasteiger partial charge is 0.495 e. The van der Waals surface area contributed by atoms with E-state index in [0.29, 0.717) is 17.3 Å². The van der Waals surface area contributed by atoms with Crippen LogP contribution in [0.1, 0.15) is 32.6 Å². The van der Waals surface area contributed by atoms with Gasteiger partial charge >= 0.3 is 5.69 Å². The lowest BCUT2D eigenvalue weighted by molar-refractivity contribution is 0.311. The summed E-state index contributed by atoms with van der Waals surface area (Å²) in [5, 5.41) is 6.54. The zero-order valence-corrected chi connectivity index (χ0v) is 12.2. The summed E-state index contributed by atoms with van der Waals surface area (Å²) in [4.78, 5) is 12.1. The van der Waals surface area contributed by atoms with E-state index in [0.717, 1.165) is 0 Å². The molecule has 0 spiro atoms. The van der Waals surface area contributed by atoms with Gasteiger partial charge in [0.2, 0.25) is 0 Å². The third-order valence-corrected chi connectivity index (χ3v) is 3.24. The average Bonchev–Trinajstić information content (AvgIpc) is 2.78. The molecule has 0 aliphatic heterocycles. The maximum Gasteiger partial charge on any atom is 0.348 e. The molecule has 0 saturated heterocycles. The van der Waals surface area contributed by atoms with Crippen molar-refractivity contribution in [3.63, 3.8) is 0 Å². The zero-order valence-electron chi connectivity index (χ0n) is 12.2.